The van der Waals surface area contributed by atoms with Gasteiger partial charge in [0.2, 0.25) is 0 Å². The summed E-state index contributed by atoms with van der Waals surface area (Å²) in [6, 6.07) is 5.15. The van der Waals surface area contributed by atoms with E-state index in [0.717, 1.165) is 12.0 Å². The highest BCUT2D eigenvalue weighted by Crippen LogP contribution is 2.43. The minimum atomic E-state index is -0.563. The molecule has 0 aromatic carbocycles. The number of aromatic nitrogens is 3. The van der Waals surface area contributed by atoms with E-state index in [1.54, 1.807) is 36.8 Å². The third-order valence-electron chi connectivity index (χ3n) is 6.82. The van der Waals surface area contributed by atoms with Crippen molar-refractivity contribution in [2.45, 2.75) is 58.3 Å². The number of nitrogens with one attached hydrogen (secondary N) is 1. The highest BCUT2D eigenvalue weighted by atomic mass is 16.5. The highest BCUT2D eigenvalue weighted by molar-refractivity contribution is 5.98. The zero-order valence-electron chi connectivity index (χ0n) is 19.1. The van der Waals surface area contributed by atoms with Gasteiger partial charge in [-0.05, 0) is 38.0 Å². The third-order valence-corrected chi connectivity index (χ3v) is 6.82. The number of pyridine rings is 1. The number of nitrogens with zero attached hydrogens (tertiary/aromatic N) is 4. The van der Waals surface area contributed by atoms with Crippen LogP contribution in [-0.2, 0) is 4.74 Å². The highest BCUT2D eigenvalue weighted by Gasteiger charge is 2.46. The molecule has 33 heavy (non-hydrogen) atoms. The first kappa shape index (κ1) is 23.0. The molecule has 2 aliphatic rings. The van der Waals surface area contributed by atoms with E-state index in [1.165, 1.54) is 0 Å². The van der Waals surface area contributed by atoms with E-state index in [4.69, 9.17) is 10.5 Å². The summed E-state index contributed by atoms with van der Waals surface area (Å²) in [5.74, 6) is -0.333. The average molecular weight is 451 g/mol. The van der Waals surface area contributed by atoms with Gasteiger partial charge >= 0.3 is 0 Å². The Bertz CT molecular complexity index is 1060. The van der Waals surface area contributed by atoms with Crippen LogP contribution >= 0.6 is 0 Å². The lowest BCUT2D eigenvalue weighted by Crippen LogP contribution is -2.52. The maximum Gasteiger partial charge on any atom is 0.276 e. The quantitative estimate of drug-likeness (QED) is 0.637. The number of carbonyl (C=O) groups is 1. The van der Waals surface area contributed by atoms with Crippen molar-refractivity contribution >= 4 is 17.8 Å². The molecule has 9 heteroatoms. The van der Waals surface area contributed by atoms with Gasteiger partial charge in [-0.2, -0.15) is 10.2 Å². The van der Waals surface area contributed by atoms with Gasteiger partial charge in [-0.1, -0.05) is 13.8 Å². The second-order valence-corrected chi connectivity index (χ2v) is 8.92. The van der Waals surface area contributed by atoms with Crippen LogP contribution in [-0.4, -0.2) is 50.7 Å². The number of carbonyl (C=O) groups excluding carboxylic acids is 1. The fourth-order valence-corrected chi connectivity index (χ4v) is 4.68. The molecule has 0 bridgehead atoms. The summed E-state index contributed by atoms with van der Waals surface area (Å²) in [6.45, 7) is 6.08. The molecule has 4 rings (SSSR count). The van der Waals surface area contributed by atoms with Gasteiger partial charge in [0.05, 0.1) is 42.1 Å². The minimum absolute atomic E-state index is 0.0839. The van der Waals surface area contributed by atoms with Crippen molar-refractivity contribution in [1.82, 2.24) is 20.5 Å². The van der Waals surface area contributed by atoms with Gasteiger partial charge in [-0.3, -0.25) is 9.79 Å². The molecule has 0 radical (unpaired) electrons. The predicted molar refractivity (Wildman–Crippen MR) is 125 cm³/mol. The molecule has 9 nitrogen and oxygen atoms in total. The molecule has 5 unspecified atom stereocenters. The van der Waals surface area contributed by atoms with E-state index in [9.17, 15) is 9.90 Å². The topological polar surface area (TPSA) is 136 Å². The number of nitrogens with two attached hydrogens (primary N) is 1. The predicted octanol–water partition coefficient (Wildman–Crippen LogP) is 2.74. The van der Waals surface area contributed by atoms with E-state index in [-0.39, 0.29) is 29.5 Å². The van der Waals surface area contributed by atoms with Gasteiger partial charge < -0.3 is 20.9 Å². The summed E-state index contributed by atoms with van der Waals surface area (Å²) < 4.78 is 6.35. The molecule has 1 saturated heterocycles. The number of anilines is 1. The number of amides is 1. The number of ether oxygens (including phenoxy) is 1. The lowest BCUT2D eigenvalue weighted by molar-refractivity contribution is -0.160. The molecule has 0 spiro atoms. The Morgan fingerprint density at radius 2 is 2.15 bits per heavy atom. The Balaban J connectivity index is 1.58. The minimum Gasteiger partial charge on any atom is -0.397 e. The van der Waals surface area contributed by atoms with Gasteiger partial charge in [0, 0.05) is 41.4 Å². The standard InChI is InChI=1S/C24H30N6O3/c1-4-16-14(2)33-21(11-19(16)31)24(3)8-10-26-13-20(24)30-23(32)22-17(25)5-6-18(29-22)15-7-9-27-28-12-15/h5-7,9-10,12-14,16,19,21,31H,4,8,11,25H2,1-3H3,(H,30,32). The summed E-state index contributed by atoms with van der Waals surface area (Å²) >= 11 is 0. The summed E-state index contributed by atoms with van der Waals surface area (Å²) in [6.07, 6.45) is 7.68. The molecular weight excluding hydrogens is 420 g/mol. The molecule has 4 heterocycles. The monoisotopic (exact) mass is 450 g/mol. The summed E-state index contributed by atoms with van der Waals surface area (Å²) in [4.78, 5) is 22.0. The Labute approximate surface area is 193 Å². The van der Waals surface area contributed by atoms with Crippen molar-refractivity contribution in [3.63, 3.8) is 0 Å². The smallest absolute Gasteiger partial charge is 0.276 e. The lowest BCUT2D eigenvalue weighted by atomic mass is 9.72. The Morgan fingerprint density at radius 3 is 2.85 bits per heavy atom. The maximum atomic E-state index is 13.3. The molecule has 1 amide bonds. The van der Waals surface area contributed by atoms with E-state index in [2.05, 4.69) is 32.4 Å². The fourth-order valence-electron chi connectivity index (χ4n) is 4.68. The summed E-state index contributed by atoms with van der Waals surface area (Å²) in [5, 5.41) is 21.3. The van der Waals surface area contributed by atoms with Crippen LogP contribution in [0.5, 0.6) is 0 Å². The van der Waals surface area contributed by atoms with Crippen molar-refractivity contribution in [2.24, 2.45) is 16.3 Å². The number of aliphatic imine (C=N–C) groups is 1. The molecule has 174 valence electrons. The fraction of sp³-hybridized carbons (Fsp3) is 0.458. The summed E-state index contributed by atoms with van der Waals surface area (Å²) in [7, 11) is 0. The van der Waals surface area contributed by atoms with Crippen LogP contribution in [0.4, 0.5) is 5.69 Å². The zero-order chi connectivity index (χ0) is 23.6. The van der Waals surface area contributed by atoms with Gasteiger partial charge in [0.15, 0.2) is 5.69 Å². The van der Waals surface area contributed by atoms with E-state index < -0.39 is 17.4 Å². The number of rotatable bonds is 5. The van der Waals surface area contributed by atoms with Crippen LogP contribution in [0.3, 0.4) is 0 Å². The van der Waals surface area contributed by atoms with Gasteiger partial charge in [-0.15, -0.1) is 0 Å². The second-order valence-electron chi connectivity index (χ2n) is 8.92. The molecule has 2 aromatic rings. The molecule has 0 aliphatic carbocycles. The van der Waals surface area contributed by atoms with Crippen molar-refractivity contribution in [1.29, 1.82) is 0 Å². The number of aliphatic hydroxyl groups excluding tert-OH is 1. The number of hydrogen-bond donors (Lipinski definition) is 3. The van der Waals surface area contributed by atoms with Gasteiger partial charge in [0.25, 0.3) is 5.91 Å². The van der Waals surface area contributed by atoms with E-state index in [0.29, 0.717) is 24.2 Å². The first-order chi connectivity index (χ1) is 15.8. The van der Waals surface area contributed by atoms with Crippen LogP contribution in [0.1, 0.15) is 50.5 Å². The molecule has 5 atom stereocenters. The second kappa shape index (κ2) is 9.36. The van der Waals surface area contributed by atoms with Crippen molar-refractivity contribution in [2.75, 3.05) is 5.73 Å². The van der Waals surface area contributed by atoms with E-state index >= 15 is 0 Å². The Hall–Kier alpha value is -3.17. The Kier molecular flexibility index (Phi) is 6.53. The molecule has 4 N–H and O–H groups in total. The third kappa shape index (κ3) is 4.51. The molecule has 1 fully saturated rings. The van der Waals surface area contributed by atoms with Crippen LogP contribution in [0.2, 0.25) is 0 Å². The van der Waals surface area contributed by atoms with Crippen LogP contribution in [0.15, 0.2) is 47.5 Å². The zero-order valence-corrected chi connectivity index (χ0v) is 19.1. The van der Waals surface area contributed by atoms with Gasteiger partial charge in [0.1, 0.15) is 0 Å². The molecule has 2 aromatic heterocycles. The average Bonchev–Trinajstić information content (AvgIpc) is 2.81. The molecular formula is C24H30N6O3. The van der Waals surface area contributed by atoms with Crippen LogP contribution in [0, 0.1) is 11.3 Å². The first-order valence-electron chi connectivity index (χ1n) is 11.2. The number of hydrogen-bond acceptors (Lipinski definition) is 8. The normalized spacial score (nSPS) is 29.4. The Morgan fingerprint density at radius 1 is 1.33 bits per heavy atom. The SMILES string of the molecule is CCC1C(O)CC(C2(C)CC=NC=C2NC(=O)c2nc(-c3ccnnc3)ccc2N)OC1C. The summed E-state index contributed by atoms with van der Waals surface area (Å²) in [5.41, 5.74) is 7.83. The maximum absolute atomic E-state index is 13.3. The largest absolute Gasteiger partial charge is 0.397 e. The number of aliphatic hydroxyl groups is 1. The lowest BCUT2D eigenvalue weighted by Gasteiger charge is -2.47. The first-order valence-corrected chi connectivity index (χ1v) is 11.2. The van der Waals surface area contributed by atoms with Crippen molar-refractivity contribution < 1.29 is 14.6 Å². The molecule has 0 saturated carbocycles. The van der Waals surface area contributed by atoms with Crippen molar-refractivity contribution in [3.05, 3.63) is 48.2 Å². The van der Waals surface area contributed by atoms with Crippen LogP contribution < -0.4 is 11.1 Å². The van der Waals surface area contributed by atoms with Gasteiger partial charge in [-0.25, -0.2) is 4.98 Å². The van der Waals surface area contributed by atoms with E-state index in [1.807, 2.05) is 20.1 Å². The number of nitrogen functional groups attached to an aromatic ring is 1. The molecule has 2 aliphatic heterocycles. The van der Waals surface area contributed by atoms with Crippen LogP contribution in [0.25, 0.3) is 11.3 Å². The van der Waals surface area contributed by atoms with Crippen molar-refractivity contribution in [3.8, 4) is 11.3 Å².